The van der Waals surface area contributed by atoms with Gasteiger partial charge in [0.05, 0.1) is 0 Å². The molecule has 0 amide bonds. The molecular weight excluding hydrogens is 222 g/mol. The van der Waals surface area contributed by atoms with Crippen molar-refractivity contribution >= 4 is 0 Å². The third kappa shape index (κ3) is 8.33. The van der Waals surface area contributed by atoms with Crippen molar-refractivity contribution in [1.82, 2.24) is 5.32 Å². The Hall–Kier alpha value is 1.73. The smallest absolute Gasteiger partial charge is 0.664 e. The standard InChI is InChI=1S/C7H15N2.C2H6.Rb/c1-7(3-4-7)9-6-5-8-2;1-2;/h9H,3-6H2,1-2H3;1-2H3;/q-1;;+1. The topological polar surface area (TPSA) is 26.1 Å². The van der Waals surface area contributed by atoms with Crippen LogP contribution in [0.15, 0.2) is 0 Å². The monoisotopic (exact) mass is 242 g/mol. The van der Waals surface area contributed by atoms with E-state index in [4.69, 9.17) is 0 Å². The molecule has 1 saturated carbocycles. The van der Waals surface area contributed by atoms with Crippen LogP contribution in [-0.4, -0.2) is 25.7 Å². The van der Waals surface area contributed by atoms with Gasteiger partial charge in [-0.3, -0.25) is 0 Å². The summed E-state index contributed by atoms with van der Waals surface area (Å²) in [6.07, 6.45) is 2.69. The Balaban J connectivity index is 0. The minimum absolute atomic E-state index is 0. The average Bonchev–Trinajstić information content (AvgIpc) is 2.74. The molecule has 0 heterocycles. The Bertz CT molecular complexity index is 92.5. The molecular formula is C9H21N2Rb. The van der Waals surface area contributed by atoms with Gasteiger partial charge < -0.3 is 10.6 Å². The molecule has 0 aliphatic heterocycles. The van der Waals surface area contributed by atoms with Gasteiger partial charge in [-0.05, 0) is 26.3 Å². The van der Waals surface area contributed by atoms with Crippen LogP contribution in [-0.2, 0) is 0 Å². The van der Waals surface area contributed by atoms with E-state index in [-0.39, 0.29) is 58.2 Å². The van der Waals surface area contributed by atoms with E-state index >= 15 is 0 Å². The number of nitrogens with zero attached hydrogens (tertiary/aromatic N) is 1. The second-order valence-corrected chi connectivity index (χ2v) is 3.03. The van der Waals surface area contributed by atoms with Crippen LogP contribution in [0.5, 0.6) is 0 Å². The van der Waals surface area contributed by atoms with Crippen molar-refractivity contribution in [3.63, 3.8) is 0 Å². The fourth-order valence-corrected chi connectivity index (χ4v) is 0.834. The largest absolute Gasteiger partial charge is 1.00 e. The maximum Gasteiger partial charge on any atom is 1.00 e. The second-order valence-electron chi connectivity index (χ2n) is 3.03. The molecule has 0 aromatic heterocycles. The summed E-state index contributed by atoms with van der Waals surface area (Å²) in [6.45, 7) is 8.27. The van der Waals surface area contributed by atoms with Crippen LogP contribution in [0.25, 0.3) is 5.32 Å². The zero-order valence-electron chi connectivity index (χ0n) is 9.28. The van der Waals surface area contributed by atoms with E-state index in [1.54, 1.807) is 0 Å². The summed E-state index contributed by atoms with van der Waals surface area (Å²) in [7, 11) is 1.86. The van der Waals surface area contributed by atoms with Gasteiger partial charge in [0, 0.05) is 5.54 Å². The number of rotatable bonds is 4. The predicted octanol–water partition coefficient (Wildman–Crippen LogP) is -0.838. The molecule has 1 fully saturated rings. The molecule has 1 aliphatic carbocycles. The fourth-order valence-electron chi connectivity index (χ4n) is 0.834. The Morgan fingerprint density at radius 3 is 2.17 bits per heavy atom. The second kappa shape index (κ2) is 9.29. The van der Waals surface area contributed by atoms with Crippen molar-refractivity contribution in [3.05, 3.63) is 5.32 Å². The summed E-state index contributed by atoms with van der Waals surface area (Å²) in [5.74, 6) is 0. The summed E-state index contributed by atoms with van der Waals surface area (Å²) in [5.41, 5.74) is 0.491. The molecule has 0 aromatic carbocycles. The normalized spacial score (nSPS) is 17.0. The molecule has 1 aliphatic rings. The molecule has 0 saturated heterocycles. The van der Waals surface area contributed by atoms with E-state index < -0.39 is 0 Å². The number of likely N-dealkylation sites (N-methyl/N-ethyl adjacent to an activating group) is 1. The number of nitrogens with one attached hydrogen (secondary N) is 1. The van der Waals surface area contributed by atoms with Gasteiger partial charge in [-0.15, -0.1) is 6.54 Å². The van der Waals surface area contributed by atoms with Crippen LogP contribution < -0.4 is 63.5 Å². The summed E-state index contributed by atoms with van der Waals surface area (Å²) in [5, 5.41) is 7.44. The average molecular weight is 243 g/mol. The molecule has 2 nitrogen and oxygen atoms in total. The van der Waals surface area contributed by atoms with Crippen LogP contribution in [0, 0.1) is 0 Å². The Kier molecular flexibility index (Phi) is 12.5. The summed E-state index contributed by atoms with van der Waals surface area (Å²) >= 11 is 0. The molecule has 0 radical (unpaired) electrons. The first-order valence-electron chi connectivity index (χ1n) is 4.57. The van der Waals surface area contributed by atoms with Crippen LogP contribution in [0.1, 0.15) is 33.6 Å². The van der Waals surface area contributed by atoms with E-state index in [0.717, 1.165) is 13.1 Å². The van der Waals surface area contributed by atoms with Gasteiger partial charge in [-0.1, -0.05) is 13.8 Å². The molecule has 12 heavy (non-hydrogen) atoms. The summed E-state index contributed by atoms with van der Waals surface area (Å²) < 4.78 is 0. The SMILES string of the molecule is CC.C[N-]CCNC1(C)CC1.[Rb+]. The molecule has 0 spiro atoms. The van der Waals surface area contributed by atoms with Gasteiger partial charge in [0.1, 0.15) is 0 Å². The molecule has 0 atom stereocenters. The first-order chi connectivity index (χ1) is 5.27. The van der Waals surface area contributed by atoms with Crippen molar-refractivity contribution in [1.29, 1.82) is 0 Å². The van der Waals surface area contributed by atoms with Crippen LogP contribution >= 0.6 is 0 Å². The van der Waals surface area contributed by atoms with Crippen molar-refractivity contribution < 1.29 is 58.2 Å². The van der Waals surface area contributed by atoms with Crippen molar-refractivity contribution in [2.24, 2.45) is 0 Å². The first kappa shape index (κ1) is 16.2. The maximum atomic E-state index is 4.00. The van der Waals surface area contributed by atoms with Gasteiger partial charge in [0.25, 0.3) is 0 Å². The summed E-state index contributed by atoms with van der Waals surface area (Å²) in [4.78, 5) is 0. The van der Waals surface area contributed by atoms with Gasteiger partial charge in [-0.2, -0.15) is 7.05 Å². The third-order valence-corrected chi connectivity index (χ3v) is 1.89. The van der Waals surface area contributed by atoms with Gasteiger partial charge in [0.15, 0.2) is 0 Å². The van der Waals surface area contributed by atoms with Crippen LogP contribution in [0.3, 0.4) is 0 Å². The zero-order valence-corrected chi connectivity index (χ0v) is 14.2. The van der Waals surface area contributed by atoms with Gasteiger partial charge >= 0.3 is 58.2 Å². The Morgan fingerprint density at radius 1 is 1.33 bits per heavy atom. The summed E-state index contributed by atoms with van der Waals surface area (Å²) in [6, 6.07) is 0. The van der Waals surface area contributed by atoms with Crippen molar-refractivity contribution in [2.75, 3.05) is 20.1 Å². The molecule has 0 aromatic rings. The minimum atomic E-state index is 0. The Morgan fingerprint density at radius 2 is 1.83 bits per heavy atom. The zero-order chi connectivity index (χ0) is 8.74. The van der Waals surface area contributed by atoms with Gasteiger partial charge in [-0.25, -0.2) is 0 Å². The van der Waals surface area contributed by atoms with Crippen LogP contribution in [0.4, 0.5) is 0 Å². The van der Waals surface area contributed by atoms with Crippen molar-refractivity contribution in [2.45, 2.75) is 39.2 Å². The number of hydrogen-bond acceptors (Lipinski definition) is 1. The van der Waals surface area contributed by atoms with E-state index in [2.05, 4.69) is 17.6 Å². The van der Waals surface area contributed by atoms with E-state index in [1.165, 1.54) is 12.8 Å². The minimum Gasteiger partial charge on any atom is -0.664 e. The molecule has 1 N–H and O–H groups in total. The molecule has 0 unspecified atom stereocenters. The molecule has 68 valence electrons. The fraction of sp³-hybridized carbons (Fsp3) is 1.00. The van der Waals surface area contributed by atoms with Gasteiger partial charge in [0.2, 0.25) is 0 Å². The first-order valence-corrected chi connectivity index (χ1v) is 4.57. The van der Waals surface area contributed by atoms with E-state index in [9.17, 15) is 0 Å². The third-order valence-electron chi connectivity index (χ3n) is 1.89. The predicted molar refractivity (Wildman–Crippen MR) is 51.1 cm³/mol. The van der Waals surface area contributed by atoms with Crippen LogP contribution in [0.2, 0.25) is 0 Å². The van der Waals surface area contributed by atoms with E-state index in [1.807, 2.05) is 20.9 Å². The molecule has 1 rings (SSSR count). The molecule has 0 bridgehead atoms. The van der Waals surface area contributed by atoms with E-state index in [0.29, 0.717) is 5.54 Å². The maximum absolute atomic E-state index is 4.00. The Labute approximate surface area is 126 Å². The van der Waals surface area contributed by atoms with Crippen molar-refractivity contribution in [3.8, 4) is 0 Å². The molecule has 3 heteroatoms. The quantitative estimate of drug-likeness (QED) is 0.640. The number of hydrogen-bond donors (Lipinski definition) is 1.